The number of hydrogen-bond donors (Lipinski definition) is 0. The number of carbonyl (C=O) groups excluding carboxylic acids is 1. The monoisotopic (exact) mass is 534 g/mol. The Morgan fingerprint density at radius 3 is 2.43 bits per heavy atom. The molecule has 0 aliphatic carbocycles. The summed E-state index contributed by atoms with van der Waals surface area (Å²) in [5, 5.41) is 9.76. The number of piperidine rings is 1. The highest BCUT2D eigenvalue weighted by atomic mass is 32.2. The van der Waals surface area contributed by atoms with Crippen LogP contribution in [0, 0.1) is 30.1 Å². The lowest BCUT2D eigenvalue weighted by Gasteiger charge is -2.38. The van der Waals surface area contributed by atoms with Gasteiger partial charge in [-0.05, 0) is 50.2 Å². The zero-order valence-electron chi connectivity index (χ0n) is 20.4. The van der Waals surface area contributed by atoms with Gasteiger partial charge >= 0.3 is 0 Å². The van der Waals surface area contributed by atoms with Crippen LogP contribution in [0.15, 0.2) is 9.70 Å². The molecule has 1 aromatic rings. The summed E-state index contributed by atoms with van der Waals surface area (Å²) in [5.41, 5.74) is 0.951. The number of thiocarbonyl (C=S) groups is 1. The first-order valence-corrected chi connectivity index (χ1v) is 14.9. The van der Waals surface area contributed by atoms with E-state index in [-0.39, 0.29) is 28.5 Å². The maximum atomic E-state index is 13.4. The maximum Gasteiger partial charge on any atom is 0.270 e. The predicted octanol–water partition coefficient (Wildman–Crippen LogP) is 2.92. The zero-order valence-corrected chi connectivity index (χ0v) is 22.9. The molecule has 3 saturated heterocycles. The van der Waals surface area contributed by atoms with Gasteiger partial charge < -0.3 is 4.90 Å². The number of rotatable bonds is 4. The zero-order chi connectivity index (χ0) is 25.7. The molecule has 0 N–H and O–H groups in total. The highest BCUT2D eigenvalue weighted by molar-refractivity contribution is 8.26. The fourth-order valence-electron chi connectivity index (χ4n) is 5.52. The Labute approximate surface area is 215 Å². The molecule has 11 heteroatoms. The first-order chi connectivity index (χ1) is 16.5. The van der Waals surface area contributed by atoms with Gasteiger partial charge in [-0.1, -0.05) is 37.8 Å². The normalized spacial score (nSPS) is 27.6. The van der Waals surface area contributed by atoms with Gasteiger partial charge in [0.2, 0.25) is 0 Å². The first kappa shape index (κ1) is 25.9. The molecular weight excluding hydrogens is 504 g/mol. The Kier molecular flexibility index (Phi) is 7.19. The molecule has 3 atom stereocenters. The smallest absolute Gasteiger partial charge is 0.270 e. The molecule has 1 amide bonds. The van der Waals surface area contributed by atoms with E-state index in [4.69, 9.17) is 12.2 Å². The van der Waals surface area contributed by atoms with Crippen molar-refractivity contribution in [1.82, 2.24) is 9.47 Å². The third-order valence-corrected chi connectivity index (χ3v) is 10.1. The number of anilines is 1. The van der Waals surface area contributed by atoms with E-state index in [1.165, 1.54) is 4.90 Å². The number of carbonyl (C=O) groups is 1. The number of amides is 1. The fourth-order valence-corrected chi connectivity index (χ4v) is 8.60. The molecule has 188 valence electrons. The first-order valence-electron chi connectivity index (χ1n) is 11.9. The van der Waals surface area contributed by atoms with E-state index in [9.17, 15) is 23.3 Å². The van der Waals surface area contributed by atoms with Gasteiger partial charge in [0.05, 0.1) is 22.5 Å². The molecule has 3 fully saturated rings. The summed E-state index contributed by atoms with van der Waals surface area (Å²) in [6.07, 6.45) is 3.21. The molecule has 3 aliphatic rings. The molecule has 0 aromatic carbocycles. The largest absolute Gasteiger partial charge is 0.357 e. The van der Waals surface area contributed by atoms with E-state index in [2.05, 4.69) is 24.8 Å². The van der Waals surface area contributed by atoms with Gasteiger partial charge in [0.1, 0.15) is 21.8 Å². The van der Waals surface area contributed by atoms with Crippen LogP contribution in [0.3, 0.4) is 0 Å². The Bertz CT molecular complexity index is 1320. The second kappa shape index (κ2) is 9.71. The number of nitriles is 1. The number of thioether (sulfide) groups is 1. The van der Waals surface area contributed by atoms with E-state index >= 15 is 0 Å². The van der Waals surface area contributed by atoms with Crippen LogP contribution < -0.4 is 10.5 Å². The van der Waals surface area contributed by atoms with E-state index < -0.39 is 15.9 Å². The van der Waals surface area contributed by atoms with Gasteiger partial charge in [-0.3, -0.25) is 19.1 Å². The molecule has 8 nitrogen and oxygen atoms in total. The van der Waals surface area contributed by atoms with Crippen LogP contribution >= 0.6 is 24.0 Å². The van der Waals surface area contributed by atoms with E-state index in [0.29, 0.717) is 45.2 Å². The quantitative estimate of drug-likeness (QED) is 0.429. The van der Waals surface area contributed by atoms with Crippen LogP contribution in [-0.2, 0) is 21.2 Å². The Balaban J connectivity index is 1.85. The minimum Gasteiger partial charge on any atom is -0.357 e. The molecule has 0 spiro atoms. The minimum absolute atomic E-state index is 0.0509. The van der Waals surface area contributed by atoms with E-state index in [0.717, 1.165) is 37.1 Å². The summed E-state index contributed by atoms with van der Waals surface area (Å²) in [6, 6.07) is 1.60. The van der Waals surface area contributed by atoms with Crippen molar-refractivity contribution >= 4 is 55.9 Å². The molecule has 0 saturated carbocycles. The summed E-state index contributed by atoms with van der Waals surface area (Å²) < 4.78 is 26.0. The molecule has 0 bridgehead atoms. The predicted molar refractivity (Wildman–Crippen MR) is 143 cm³/mol. The van der Waals surface area contributed by atoms with Gasteiger partial charge in [0.15, 0.2) is 9.84 Å². The fraction of sp³-hybridized carbons (Fsp3) is 0.583. The molecule has 1 aromatic heterocycles. The number of pyridine rings is 1. The molecule has 3 aliphatic heterocycles. The van der Waals surface area contributed by atoms with Gasteiger partial charge in [-0.2, -0.15) is 5.26 Å². The van der Waals surface area contributed by atoms with E-state index in [1.54, 1.807) is 17.6 Å². The minimum atomic E-state index is -3.18. The van der Waals surface area contributed by atoms with Gasteiger partial charge in [-0.15, -0.1) is 0 Å². The van der Waals surface area contributed by atoms with Crippen LogP contribution in [0.2, 0.25) is 0 Å². The summed E-state index contributed by atoms with van der Waals surface area (Å²) in [4.78, 5) is 30.6. The van der Waals surface area contributed by atoms with Crippen molar-refractivity contribution < 1.29 is 13.2 Å². The highest BCUT2D eigenvalue weighted by Crippen LogP contribution is 2.39. The van der Waals surface area contributed by atoms with Crippen LogP contribution in [0.5, 0.6) is 0 Å². The topological polar surface area (TPSA) is 103 Å². The number of sulfone groups is 1. The maximum absolute atomic E-state index is 13.4. The van der Waals surface area contributed by atoms with Crippen LogP contribution in [0.1, 0.15) is 50.3 Å². The number of nitrogens with zero attached hydrogens (tertiary/aromatic N) is 4. The molecular formula is C24H30N4O4S3. The highest BCUT2D eigenvalue weighted by Gasteiger charge is 2.42. The lowest BCUT2D eigenvalue weighted by atomic mass is 9.91. The molecule has 3 unspecified atom stereocenters. The standard InChI is InChI=1S/C24H30N4O4S3/c1-5-27-21(26-11-14(2)8-15(3)12-26)18(16(4)19(10-25)22(27)29)9-20-23(30)28(24(33)34-20)17-6-7-35(31,32)13-17/h9,14-15,17H,5-8,11-13H2,1-4H3/b20-9+. The second-order valence-electron chi connectivity index (χ2n) is 9.86. The summed E-state index contributed by atoms with van der Waals surface area (Å²) >= 11 is 6.62. The molecule has 35 heavy (non-hydrogen) atoms. The summed E-state index contributed by atoms with van der Waals surface area (Å²) in [6.45, 7) is 9.94. The SMILES string of the molecule is CCn1c(N2CC(C)CC(C)C2)c(/C=C2/SC(=S)N(C3CCS(=O)(=O)C3)C2=O)c(C)c(C#N)c1=O. The van der Waals surface area contributed by atoms with Crippen molar-refractivity contribution in [2.45, 2.75) is 53.1 Å². The van der Waals surface area contributed by atoms with Crippen molar-refractivity contribution in [1.29, 1.82) is 5.26 Å². The van der Waals surface area contributed by atoms with Gasteiger partial charge in [0, 0.05) is 25.2 Å². The third-order valence-electron chi connectivity index (χ3n) is 7.00. The van der Waals surface area contributed by atoms with Crippen molar-refractivity contribution in [2.75, 3.05) is 29.5 Å². The lowest BCUT2D eigenvalue weighted by molar-refractivity contribution is -0.123. The molecule has 0 radical (unpaired) electrons. The van der Waals surface area contributed by atoms with Crippen LogP contribution in [0.25, 0.3) is 6.08 Å². The van der Waals surface area contributed by atoms with Gasteiger partial charge in [-0.25, -0.2) is 8.42 Å². The number of aromatic nitrogens is 1. The second-order valence-corrected chi connectivity index (χ2v) is 13.8. The molecule has 4 rings (SSSR count). The van der Waals surface area contributed by atoms with Crippen molar-refractivity contribution in [3.8, 4) is 6.07 Å². The Hall–Kier alpha value is -2.16. The van der Waals surface area contributed by atoms with Crippen molar-refractivity contribution in [3.63, 3.8) is 0 Å². The molecule has 4 heterocycles. The Morgan fingerprint density at radius 2 is 1.89 bits per heavy atom. The van der Waals surface area contributed by atoms with E-state index in [1.807, 2.05) is 6.92 Å². The van der Waals surface area contributed by atoms with Crippen LogP contribution in [-0.4, -0.2) is 58.7 Å². The summed E-state index contributed by atoms with van der Waals surface area (Å²) in [5.74, 6) is 1.24. The average molecular weight is 535 g/mol. The average Bonchev–Trinajstić information content (AvgIpc) is 3.26. The summed E-state index contributed by atoms with van der Waals surface area (Å²) in [7, 11) is -3.18. The lowest BCUT2D eigenvalue weighted by Crippen LogP contribution is -2.43. The van der Waals surface area contributed by atoms with Crippen molar-refractivity contribution in [2.24, 2.45) is 11.8 Å². The van der Waals surface area contributed by atoms with Gasteiger partial charge in [0.25, 0.3) is 11.5 Å². The third kappa shape index (κ3) is 4.80. The van der Waals surface area contributed by atoms with Crippen LogP contribution in [0.4, 0.5) is 5.82 Å². The number of hydrogen-bond acceptors (Lipinski definition) is 8. The Morgan fingerprint density at radius 1 is 1.23 bits per heavy atom. The van der Waals surface area contributed by atoms with Crippen molar-refractivity contribution in [3.05, 3.63) is 31.9 Å².